The topological polar surface area (TPSA) is 32.9 Å². The molecule has 1 heterocycles. The summed E-state index contributed by atoms with van der Waals surface area (Å²) in [5.41, 5.74) is 5.68. The maximum absolute atomic E-state index is 11.5. The lowest BCUT2D eigenvalue weighted by atomic mass is 9.99. The molecule has 0 unspecified atom stereocenters. The number of fused-ring (bicyclic) bond motifs is 1. The molecule has 0 aliphatic rings. The average Bonchev–Trinajstić information content (AvgIpc) is 2.94. The molecule has 1 aromatic heterocycles. The van der Waals surface area contributed by atoms with Gasteiger partial charge >= 0.3 is 0 Å². The Hall–Kier alpha value is -2.35. The summed E-state index contributed by atoms with van der Waals surface area (Å²) in [6.07, 6.45) is 4.77. The number of benzene rings is 2. The van der Waals surface area contributed by atoms with E-state index in [1.54, 1.807) is 6.92 Å². The van der Waals surface area contributed by atoms with Gasteiger partial charge in [0.2, 0.25) is 0 Å². The first-order valence-corrected chi connectivity index (χ1v) is 8.41. The Bertz CT molecular complexity index is 811. The monoisotopic (exact) mass is 305 g/mol. The van der Waals surface area contributed by atoms with Gasteiger partial charge in [-0.15, -0.1) is 0 Å². The molecule has 0 radical (unpaired) electrons. The van der Waals surface area contributed by atoms with Gasteiger partial charge in [0.05, 0.1) is 0 Å². The van der Waals surface area contributed by atoms with Crippen molar-refractivity contribution >= 4 is 16.7 Å². The van der Waals surface area contributed by atoms with Crippen molar-refractivity contribution in [2.75, 3.05) is 0 Å². The predicted molar refractivity (Wildman–Crippen MR) is 97.0 cm³/mol. The first-order valence-electron chi connectivity index (χ1n) is 8.41. The molecule has 0 amide bonds. The van der Waals surface area contributed by atoms with E-state index < -0.39 is 0 Å². The Morgan fingerprint density at radius 1 is 1.00 bits per heavy atom. The standard InChI is InChI=1S/C21H23NO/c1-3-4-5-9-19-18-8-6-7-10-20(18)22-21(19)17-13-11-16(12-14-17)15(2)23/h6-8,10-14,22H,3-5,9H2,1-2H3. The minimum atomic E-state index is 0.108. The summed E-state index contributed by atoms with van der Waals surface area (Å²) in [6, 6.07) is 16.4. The van der Waals surface area contributed by atoms with Crippen LogP contribution in [0, 0.1) is 0 Å². The molecule has 0 saturated heterocycles. The third-order valence-electron chi connectivity index (χ3n) is 4.42. The van der Waals surface area contributed by atoms with E-state index in [1.165, 1.54) is 41.4 Å². The molecule has 2 aromatic carbocycles. The largest absolute Gasteiger partial charge is 0.354 e. The Kier molecular flexibility index (Phi) is 4.61. The number of aryl methyl sites for hydroxylation is 1. The van der Waals surface area contributed by atoms with Crippen molar-refractivity contribution in [1.29, 1.82) is 0 Å². The van der Waals surface area contributed by atoms with E-state index in [0.717, 1.165) is 17.5 Å². The maximum Gasteiger partial charge on any atom is 0.159 e. The van der Waals surface area contributed by atoms with Gasteiger partial charge in [-0.25, -0.2) is 0 Å². The number of para-hydroxylation sites is 1. The maximum atomic E-state index is 11.5. The van der Waals surface area contributed by atoms with E-state index in [1.807, 2.05) is 24.3 Å². The summed E-state index contributed by atoms with van der Waals surface area (Å²) in [6.45, 7) is 3.84. The number of aromatic nitrogens is 1. The van der Waals surface area contributed by atoms with Crippen molar-refractivity contribution < 1.29 is 4.79 Å². The van der Waals surface area contributed by atoms with Crippen molar-refractivity contribution in [3.05, 3.63) is 59.7 Å². The minimum Gasteiger partial charge on any atom is -0.354 e. The van der Waals surface area contributed by atoms with Crippen LogP contribution in [0.2, 0.25) is 0 Å². The highest BCUT2D eigenvalue weighted by Gasteiger charge is 2.13. The van der Waals surface area contributed by atoms with Gasteiger partial charge in [0.15, 0.2) is 5.78 Å². The predicted octanol–water partition coefficient (Wildman–Crippen LogP) is 5.77. The number of unbranched alkanes of at least 4 members (excludes halogenated alkanes) is 2. The fraction of sp³-hybridized carbons (Fsp3) is 0.286. The molecule has 0 fully saturated rings. The van der Waals surface area contributed by atoms with Crippen LogP contribution in [0.3, 0.4) is 0 Å². The van der Waals surface area contributed by atoms with Gasteiger partial charge < -0.3 is 4.98 Å². The number of aromatic amines is 1. The van der Waals surface area contributed by atoms with E-state index in [4.69, 9.17) is 0 Å². The van der Waals surface area contributed by atoms with Crippen LogP contribution in [-0.2, 0) is 6.42 Å². The lowest BCUT2D eigenvalue weighted by molar-refractivity contribution is 0.101. The van der Waals surface area contributed by atoms with Crippen LogP contribution >= 0.6 is 0 Å². The zero-order valence-corrected chi connectivity index (χ0v) is 13.9. The molecular weight excluding hydrogens is 282 g/mol. The summed E-state index contributed by atoms with van der Waals surface area (Å²) in [4.78, 5) is 15.0. The Balaban J connectivity index is 2.04. The van der Waals surface area contributed by atoms with Crippen LogP contribution in [0.15, 0.2) is 48.5 Å². The molecule has 3 aromatic rings. The molecule has 0 bridgehead atoms. The second-order valence-corrected chi connectivity index (χ2v) is 6.11. The summed E-state index contributed by atoms with van der Waals surface area (Å²) < 4.78 is 0. The summed E-state index contributed by atoms with van der Waals surface area (Å²) in [5.74, 6) is 0.108. The van der Waals surface area contributed by atoms with E-state index >= 15 is 0 Å². The third-order valence-corrected chi connectivity index (χ3v) is 4.42. The molecule has 3 rings (SSSR count). The summed E-state index contributed by atoms with van der Waals surface area (Å²) in [5, 5.41) is 1.31. The molecular formula is C21H23NO. The van der Waals surface area contributed by atoms with Gasteiger partial charge in [-0.1, -0.05) is 62.2 Å². The Labute approximate surface area is 137 Å². The third kappa shape index (κ3) is 3.21. The van der Waals surface area contributed by atoms with Crippen molar-refractivity contribution in [2.24, 2.45) is 0 Å². The fourth-order valence-corrected chi connectivity index (χ4v) is 3.13. The Morgan fingerprint density at radius 3 is 2.43 bits per heavy atom. The van der Waals surface area contributed by atoms with Gasteiger partial charge in [0.1, 0.15) is 0 Å². The highest BCUT2D eigenvalue weighted by molar-refractivity contribution is 5.95. The van der Waals surface area contributed by atoms with E-state index in [2.05, 4.69) is 36.2 Å². The lowest BCUT2D eigenvalue weighted by Gasteiger charge is -2.06. The normalized spacial score (nSPS) is 11.0. The number of nitrogens with one attached hydrogen (secondary N) is 1. The summed E-state index contributed by atoms with van der Waals surface area (Å²) >= 11 is 0. The first kappa shape index (κ1) is 15.5. The van der Waals surface area contributed by atoms with Crippen molar-refractivity contribution in [1.82, 2.24) is 4.98 Å². The molecule has 0 spiro atoms. The second-order valence-electron chi connectivity index (χ2n) is 6.11. The number of rotatable bonds is 6. The zero-order valence-electron chi connectivity index (χ0n) is 13.9. The number of hydrogen-bond donors (Lipinski definition) is 1. The van der Waals surface area contributed by atoms with Crippen molar-refractivity contribution in [3.63, 3.8) is 0 Å². The minimum absolute atomic E-state index is 0.108. The number of H-pyrrole nitrogens is 1. The van der Waals surface area contributed by atoms with Crippen molar-refractivity contribution in [3.8, 4) is 11.3 Å². The molecule has 0 aliphatic carbocycles. The van der Waals surface area contributed by atoms with E-state index in [9.17, 15) is 4.79 Å². The molecule has 2 nitrogen and oxygen atoms in total. The highest BCUT2D eigenvalue weighted by Crippen LogP contribution is 2.31. The highest BCUT2D eigenvalue weighted by atomic mass is 16.1. The van der Waals surface area contributed by atoms with Crippen LogP contribution in [-0.4, -0.2) is 10.8 Å². The van der Waals surface area contributed by atoms with Gasteiger partial charge in [0, 0.05) is 22.2 Å². The van der Waals surface area contributed by atoms with Crippen LogP contribution in [0.1, 0.15) is 49.0 Å². The van der Waals surface area contributed by atoms with Gasteiger partial charge in [-0.3, -0.25) is 4.79 Å². The molecule has 0 saturated carbocycles. The molecule has 118 valence electrons. The van der Waals surface area contributed by atoms with Crippen LogP contribution in [0.4, 0.5) is 0 Å². The van der Waals surface area contributed by atoms with Crippen molar-refractivity contribution in [2.45, 2.75) is 39.5 Å². The van der Waals surface area contributed by atoms with E-state index in [-0.39, 0.29) is 5.78 Å². The molecule has 2 heteroatoms. The number of hydrogen-bond acceptors (Lipinski definition) is 1. The number of Topliss-reactive ketones (excluding diaryl/α,β-unsaturated/α-hetero) is 1. The van der Waals surface area contributed by atoms with Crippen LogP contribution in [0.25, 0.3) is 22.2 Å². The number of carbonyl (C=O) groups excluding carboxylic acids is 1. The first-order chi connectivity index (χ1) is 11.2. The van der Waals surface area contributed by atoms with Gasteiger partial charge in [-0.2, -0.15) is 0 Å². The molecule has 0 aliphatic heterocycles. The van der Waals surface area contributed by atoms with Gasteiger partial charge in [0.25, 0.3) is 0 Å². The smallest absolute Gasteiger partial charge is 0.159 e. The quantitative estimate of drug-likeness (QED) is 0.455. The van der Waals surface area contributed by atoms with E-state index in [0.29, 0.717) is 0 Å². The van der Waals surface area contributed by atoms with Crippen LogP contribution in [0.5, 0.6) is 0 Å². The number of ketones is 1. The van der Waals surface area contributed by atoms with Gasteiger partial charge in [-0.05, 0) is 37.0 Å². The van der Waals surface area contributed by atoms with Crippen LogP contribution < -0.4 is 0 Å². The Morgan fingerprint density at radius 2 is 1.74 bits per heavy atom. The molecule has 1 N–H and O–H groups in total. The SMILES string of the molecule is CCCCCc1c(-c2ccc(C(C)=O)cc2)[nH]c2ccccc12. The number of carbonyl (C=O) groups is 1. The zero-order chi connectivity index (χ0) is 16.2. The average molecular weight is 305 g/mol. The lowest BCUT2D eigenvalue weighted by Crippen LogP contribution is -1.92. The summed E-state index contributed by atoms with van der Waals surface area (Å²) in [7, 11) is 0. The second kappa shape index (κ2) is 6.82. The fourth-order valence-electron chi connectivity index (χ4n) is 3.13. The molecule has 23 heavy (non-hydrogen) atoms. The molecule has 0 atom stereocenters.